The molecule has 0 aliphatic heterocycles. The Morgan fingerprint density at radius 1 is 1.55 bits per heavy atom. The number of fused-ring (bicyclic) bond motifs is 1. The minimum absolute atomic E-state index is 0.107. The van der Waals surface area contributed by atoms with Crippen LogP contribution in [0.1, 0.15) is 13.8 Å². The Labute approximate surface area is 129 Å². The van der Waals surface area contributed by atoms with Gasteiger partial charge in [-0.15, -0.1) is 0 Å². The smallest absolute Gasteiger partial charge is 0.227 e. The van der Waals surface area contributed by atoms with Gasteiger partial charge in [0.1, 0.15) is 5.82 Å². The van der Waals surface area contributed by atoms with Crippen molar-refractivity contribution in [3.8, 4) is 0 Å². The van der Waals surface area contributed by atoms with Crippen molar-refractivity contribution in [1.29, 1.82) is 0 Å². The molecule has 0 saturated carbocycles. The van der Waals surface area contributed by atoms with Crippen molar-refractivity contribution in [3.05, 3.63) is 21.5 Å². The van der Waals surface area contributed by atoms with Crippen molar-refractivity contribution in [2.45, 2.75) is 20.4 Å². The molecule has 0 fully saturated rings. The quantitative estimate of drug-likeness (QED) is 0.789. The van der Waals surface area contributed by atoms with Gasteiger partial charge in [0.15, 0.2) is 0 Å². The maximum absolute atomic E-state index is 13.7. The van der Waals surface area contributed by atoms with Crippen molar-refractivity contribution in [1.82, 2.24) is 14.9 Å². The number of anilines is 1. The van der Waals surface area contributed by atoms with Crippen LogP contribution in [0.4, 0.5) is 10.3 Å². The molecular formula is C13H16FIN4O. The number of rotatable bonds is 3. The number of nitrogen functional groups attached to an aromatic ring is 1. The topological polar surface area (TPSA) is 72.9 Å². The number of nitrogens with two attached hydrogens (primary N) is 1. The standard InChI is InChI=1S/C13H16FIN4O/c1-13(2,11(20)17-3)6-19-10-4-7(14)8(15)5-9(10)18-12(19)16/h4-5H,6H2,1-3H3,(H2,16,18)(H,17,20). The zero-order chi connectivity index (χ0) is 15.1. The van der Waals surface area contributed by atoms with Crippen molar-refractivity contribution in [2.24, 2.45) is 5.41 Å². The second-order valence-electron chi connectivity index (χ2n) is 5.27. The van der Waals surface area contributed by atoms with Crippen LogP contribution in [-0.4, -0.2) is 22.5 Å². The number of benzene rings is 1. The number of hydrogen-bond donors (Lipinski definition) is 2. The van der Waals surface area contributed by atoms with E-state index < -0.39 is 5.41 Å². The largest absolute Gasteiger partial charge is 0.369 e. The Morgan fingerprint density at radius 3 is 2.80 bits per heavy atom. The van der Waals surface area contributed by atoms with E-state index in [1.165, 1.54) is 6.07 Å². The Morgan fingerprint density at radius 2 is 2.20 bits per heavy atom. The van der Waals surface area contributed by atoms with Crippen LogP contribution < -0.4 is 11.1 Å². The van der Waals surface area contributed by atoms with Crippen LogP contribution in [0, 0.1) is 14.8 Å². The number of nitrogens with one attached hydrogen (secondary N) is 1. The molecule has 0 bridgehead atoms. The fourth-order valence-corrected chi connectivity index (χ4v) is 2.56. The van der Waals surface area contributed by atoms with Gasteiger partial charge >= 0.3 is 0 Å². The lowest BCUT2D eigenvalue weighted by Crippen LogP contribution is -2.37. The van der Waals surface area contributed by atoms with Crippen molar-refractivity contribution in [3.63, 3.8) is 0 Å². The molecule has 0 spiro atoms. The first kappa shape index (κ1) is 15.0. The molecule has 2 rings (SSSR count). The number of aromatic nitrogens is 2. The summed E-state index contributed by atoms with van der Waals surface area (Å²) in [7, 11) is 1.58. The summed E-state index contributed by atoms with van der Waals surface area (Å²) in [6.07, 6.45) is 0. The Bertz CT molecular complexity index is 681. The zero-order valence-electron chi connectivity index (χ0n) is 11.5. The van der Waals surface area contributed by atoms with Crippen LogP contribution in [0.3, 0.4) is 0 Å². The fourth-order valence-electron chi connectivity index (χ4n) is 2.11. The van der Waals surface area contributed by atoms with Crippen molar-refractivity contribution >= 4 is 45.5 Å². The van der Waals surface area contributed by atoms with Crippen LogP contribution in [-0.2, 0) is 11.3 Å². The SMILES string of the molecule is CNC(=O)C(C)(C)Cn1c(N)nc2cc(I)c(F)cc21. The molecular weight excluding hydrogens is 374 g/mol. The van der Waals surface area contributed by atoms with E-state index in [9.17, 15) is 9.18 Å². The third kappa shape index (κ3) is 2.58. The second kappa shape index (κ2) is 5.19. The molecule has 1 amide bonds. The minimum Gasteiger partial charge on any atom is -0.369 e. The number of nitrogens with zero attached hydrogens (tertiary/aromatic N) is 2. The lowest BCUT2D eigenvalue weighted by atomic mass is 9.92. The molecule has 1 aromatic heterocycles. The summed E-state index contributed by atoms with van der Waals surface area (Å²) in [6.45, 7) is 3.94. The molecule has 0 saturated heterocycles. The second-order valence-corrected chi connectivity index (χ2v) is 6.44. The van der Waals surface area contributed by atoms with E-state index in [2.05, 4.69) is 10.3 Å². The van der Waals surface area contributed by atoms with Crippen molar-refractivity contribution in [2.75, 3.05) is 12.8 Å². The Hall–Kier alpha value is -1.38. The monoisotopic (exact) mass is 390 g/mol. The highest BCUT2D eigenvalue weighted by Crippen LogP contribution is 2.27. The van der Waals surface area contributed by atoms with E-state index in [0.717, 1.165) is 0 Å². The van der Waals surface area contributed by atoms with Gasteiger partial charge in [-0.3, -0.25) is 4.79 Å². The predicted molar refractivity (Wildman–Crippen MR) is 84.7 cm³/mol. The lowest BCUT2D eigenvalue weighted by Gasteiger charge is -2.23. The highest BCUT2D eigenvalue weighted by atomic mass is 127. The average Bonchev–Trinajstić information content (AvgIpc) is 2.65. The van der Waals surface area contributed by atoms with Gasteiger partial charge in [0.25, 0.3) is 0 Å². The molecule has 2 aromatic rings. The maximum atomic E-state index is 13.7. The van der Waals surface area contributed by atoms with Crippen molar-refractivity contribution < 1.29 is 9.18 Å². The minimum atomic E-state index is -0.671. The number of carbonyl (C=O) groups is 1. The molecule has 0 unspecified atom stereocenters. The summed E-state index contributed by atoms with van der Waals surface area (Å²) >= 11 is 1.91. The molecule has 20 heavy (non-hydrogen) atoms. The number of hydrogen-bond acceptors (Lipinski definition) is 3. The Balaban J connectivity index is 2.52. The molecule has 1 heterocycles. The first-order valence-electron chi connectivity index (χ1n) is 6.09. The first-order chi connectivity index (χ1) is 9.26. The fraction of sp³-hybridized carbons (Fsp3) is 0.385. The van der Waals surface area contributed by atoms with Crippen LogP contribution in [0.2, 0.25) is 0 Å². The van der Waals surface area contributed by atoms with E-state index >= 15 is 0 Å². The molecule has 0 aliphatic carbocycles. The van der Waals surface area contributed by atoms with Crippen LogP contribution in [0.5, 0.6) is 0 Å². The van der Waals surface area contributed by atoms with E-state index in [1.807, 2.05) is 22.6 Å². The van der Waals surface area contributed by atoms with Gasteiger partial charge in [0.2, 0.25) is 11.9 Å². The normalized spacial score (nSPS) is 11.8. The van der Waals surface area contributed by atoms with Gasteiger partial charge in [-0.25, -0.2) is 9.37 Å². The lowest BCUT2D eigenvalue weighted by molar-refractivity contribution is -0.129. The third-order valence-corrected chi connectivity index (χ3v) is 4.04. The molecule has 5 nitrogen and oxygen atoms in total. The summed E-state index contributed by atoms with van der Waals surface area (Å²) in [6, 6.07) is 3.05. The van der Waals surface area contributed by atoms with Crippen LogP contribution in [0.25, 0.3) is 11.0 Å². The molecule has 0 aliphatic rings. The van der Waals surface area contributed by atoms with E-state index in [4.69, 9.17) is 5.73 Å². The first-order valence-corrected chi connectivity index (χ1v) is 7.17. The van der Waals surface area contributed by atoms with E-state index in [1.54, 1.807) is 31.5 Å². The number of amides is 1. The van der Waals surface area contributed by atoms with Gasteiger partial charge < -0.3 is 15.6 Å². The van der Waals surface area contributed by atoms with Crippen LogP contribution in [0.15, 0.2) is 12.1 Å². The molecule has 108 valence electrons. The van der Waals surface area contributed by atoms with Crippen LogP contribution >= 0.6 is 22.6 Å². The molecule has 1 aromatic carbocycles. The predicted octanol–water partition coefficient (Wildman–Crippen LogP) is 2.13. The third-order valence-electron chi connectivity index (χ3n) is 3.21. The summed E-state index contributed by atoms with van der Waals surface area (Å²) in [4.78, 5) is 16.1. The molecule has 3 N–H and O–H groups in total. The molecule has 0 radical (unpaired) electrons. The zero-order valence-corrected chi connectivity index (χ0v) is 13.7. The van der Waals surface area contributed by atoms with Gasteiger partial charge in [-0.2, -0.15) is 0 Å². The van der Waals surface area contributed by atoms with Gasteiger partial charge in [-0.1, -0.05) is 0 Å². The summed E-state index contributed by atoms with van der Waals surface area (Å²) < 4.78 is 15.9. The average molecular weight is 390 g/mol. The summed E-state index contributed by atoms with van der Waals surface area (Å²) in [5.41, 5.74) is 6.45. The summed E-state index contributed by atoms with van der Waals surface area (Å²) in [5, 5.41) is 2.62. The Kier molecular flexibility index (Phi) is 3.90. The molecule has 0 atom stereocenters. The number of carbonyl (C=O) groups excluding carboxylic acids is 1. The van der Waals surface area contributed by atoms with Gasteiger partial charge in [0, 0.05) is 19.7 Å². The van der Waals surface area contributed by atoms with E-state index in [0.29, 0.717) is 21.1 Å². The number of imidazole rings is 1. The number of halogens is 2. The maximum Gasteiger partial charge on any atom is 0.227 e. The summed E-state index contributed by atoms with van der Waals surface area (Å²) in [5.74, 6) is -0.153. The molecule has 7 heteroatoms. The highest BCUT2D eigenvalue weighted by Gasteiger charge is 2.29. The van der Waals surface area contributed by atoms with E-state index in [-0.39, 0.29) is 17.7 Å². The highest BCUT2D eigenvalue weighted by molar-refractivity contribution is 14.1. The van der Waals surface area contributed by atoms with Gasteiger partial charge in [-0.05, 0) is 42.5 Å². The van der Waals surface area contributed by atoms with Gasteiger partial charge in [0.05, 0.1) is 20.0 Å².